The van der Waals surface area contributed by atoms with Gasteiger partial charge in [-0.25, -0.2) is 4.98 Å². The maximum atomic E-state index is 5.42. The summed E-state index contributed by atoms with van der Waals surface area (Å²) in [6, 6.07) is 2.20. The standard InChI is InChI=1S/C17H29N3O/c1-5-6-7-19-8-10-20(11-9-19)17-12-15(14(2)3)16(21-4)13-18-17/h12-14H,5-11H2,1-4H3. The molecular weight excluding hydrogens is 262 g/mol. The van der Waals surface area contributed by atoms with Crippen LogP contribution in [0, 0.1) is 0 Å². The fourth-order valence-electron chi connectivity index (χ4n) is 2.82. The predicted molar refractivity (Wildman–Crippen MR) is 88.4 cm³/mol. The van der Waals surface area contributed by atoms with Crippen LogP contribution in [0.3, 0.4) is 0 Å². The molecule has 0 saturated carbocycles. The summed E-state index contributed by atoms with van der Waals surface area (Å²) in [5, 5.41) is 0. The van der Waals surface area contributed by atoms with Gasteiger partial charge in [-0.1, -0.05) is 27.2 Å². The number of anilines is 1. The molecule has 1 aliphatic rings. The maximum Gasteiger partial charge on any atom is 0.140 e. The van der Waals surface area contributed by atoms with Gasteiger partial charge in [0.25, 0.3) is 0 Å². The Morgan fingerprint density at radius 3 is 2.52 bits per heavy atom. The van der Waals surface area contributed by atoms with E-state index >= 15 is 0 Å². The highest BCUT2D eigenvalue weighted by atomic mass is 16.5. The molecule has 0 spiro atoms. The number of piperazine rings is 1. The van der Waals surface area contributed by atoms with E-state index in [0.29, 0.717) is 5.92 Å². The van der Waals surface area contributed by atoms with Gasteiger partial charge in [0.05, 0.1) is 13.3 Å². The minimum atomic E-state index is 0.451. The topological polar surface area (TPSA) is 28.6 Å². The number of aromatic nitrogens is 1. The van der Waals surface area contributed by atoms with Crippen molar-refractivity contribution in [3.05, 3.63) is 17.8 Å². The van der Waals surface area contributed by atoms with Crippen LogP contribution in [0.2, 0.25) is 0 Å². The molecule has 0 aliphatic carbocycles. The Kier molecular flexibility index (Phi) is 5.85. The number of nitrogens with zero attached hydrogens (tertiary/aromatic N) is 3. The van der Waals surface area contributed by atoms with Gasteiger partial charge < -0.3 is 9.64 Å². The molecule has 0 aromatic carbocycles. The van der Waals surface area contributed by atoms with E-state index in [1.165, 1.54) is 24.9 Å². The third kappa shape index (κ3) is 4.10. The lowest BCUT2D eigenvalue weighted by Crippen LogP contribution is -2.46. The fraction of sp³-hybridized carbons (Fsp3) is 0.706. The Hall–Kier alpha value is -1.29. The molecule has 1 saturated heterocycles. The van der Waals surface area contributed by atoms with Gasteiger partial charge in [0, 0.05) is 31.7 Å². The summed E-state index contributed by atoms with van der Waals surface area (Å²) < 4.78 is 5.42. The first-order valence-corrected chi connectivity index (χ1v) is 8.17. The second-order valence-electron chi connectivity index (χ2n) is 6.12. The molecule has 1 aromatic heterocycles. The van der Waals surface area contributed by atoms with Gasteiger partial charge in [0.2, 0.25) is 0 Å². The van der Waals surface area contributed by atoms with Crippen LogP contribution in [0.1, 0.15) is 45.1 Å². The molecule has 118 valence electrons. The summed E-state index contributed by atoms with van der Waals surface area (Å²) in [5.74, 6) is 2.44. The molecule has 0 unspecified atom stereocenters. The minimum Gasteiger partial charge on any atom is -0.495 e. The predicted octanol–water partition coefficient (Wildman–Crippen LogP) is 3.14. The van der Waals surface area contributed by atoms with Crippen molar-refractivity contribution in [1.29, 1.82) is 0 Å². The van der Waals surface area contributed by atoms with E-state index in [0.717, 1.165) is 37.7 Å². The zero-order valence-corrected chi connectivity index (χ0v) is 13.9. The maximum absolute atomic E-state index is 5.42. The first-order valence-electron chi connectivity index (χ1n) is 8.17. The van der Waals surface area contributed by atoms with Crippen molar-refractivity contribution < 1.29 is 4.74 Å². The summed E-state index contributed by atoms with van der Waals surface area (Å²) in [5.41, 5.74) is 1.25. The van der Waals surface area contributed by atoms with Gasteiger partial charge in [0.1, 0.15) is 11.6 Å². The molecule has 0 bridgehead atoms. The zero-order valence-electron chi connectivity index (χ0n) is 13.9. The highest BCUT2D eigenvalue weighted by Crippen LogP contribution is 2.29. The first-order chi connectivity index (χ1) is 10.2. The van der Waals surface area contributed by atoms with Crippen LogP contribution in [0.15, 0.2) is 12.3 Å². The van der Waals surface area contributed by atoms with Crippen LogP contribution >= 0.6 is 0 Å². The molecule has 0 amide bonds. The molecule has 21 heavy (non-hydrogen) atoms. The van der Waals surface area contributed by atoms with Crippen LogP contribution in [-0.4, -0.2) is 49.7 Å². The Morgan fingerprint density at radius 2 is 1.95 bits per heavy atom. The smallest absolute Gasteiger partial charge is 0.140 e. The molecule has 0 radical (unpaired) electrons. The van der Waals surface area contributed by atoms with Crippen molar-refractivity contribution in [2.24, 2.45) is 0 Å². The summed E-state index contributed by atoms with van der Waals surface area (Å²) >= 11 is 0. The number of hydrogen-bond acceptors (Lipinski definition) is 4. The monoisotopic (exact) mass is 291 g/mol. The molecule has 1 aliphatic heterocycles. The van der Waals surface area contributed by atoms with Gasteiger partial charge in [-0.15, -0.1) is 0 Å². The van der Waals surface area contributed by atoms with E-state index in [1.807, 2.05) is 6.20 Å². The molecule has 4 nitrogen and oxygen atoms in total. The minimum absolute atomic E-state index is 0.451. The fourth-order valence-corrected chi connectivity index (χ4v) is 2.82. The quantitative estimate of drug-likeness (QED) is 0.805. The van der Waals surface area contributed by atoms with Crippen LogP contribution in [0.5, 0.6) is 5.75 Å². The first kappa shape index (κ1) is 16.1. The van der Waals surface area contributed by atoms with Gasteiger partial charge in [-0.05, 0) is 24.9 Å². The second-order valence-corrected chi connectivity index (χ2v) is 6.12. The molecule has 2 rings (SSSR count). The Bertz CT molecular complexity index is 440. The van der Waals surface area contributed by atoms with Crippen LogP contribution < -0.4 is 9.64 Å². The van der Waals surface area contributed by atoms with Crippen molar-refractivity contribution in [2.75, 3.05) is 44.7 Å². The van der Waals surface area contributed by atoms with E-state index in [4.69, 9.17) is 4.74 Å². The van der Waals surface area contributed by atoms with Gasteiger partial charge in [-0.3, -0.25) is 4.90 Å². The van der Waals surface area contributed by atoms with Crippen LogP contribution in [0.25, 0.3) is 0 Å². The summed E-state index contributed by atoms with van der Waals surface area (Å²) in [6.07, 6.45) is 4.45. The Labute approximate surface area is 129 Å². The lowest BCUT2D eigenvalue weighted by Gasteiger charge is -2.35. The van der Waals surface area contributed by atoms with Crippen molar-refractivity contribution in [1.82, 2.24) is 9.88 Å². The van der Waals surface area contributed by atoms with Crippen molar-refractivity contribution in [3.8, 4) is 5.75 Å². The van der Waals surface area contributed by atoms with E-state index in [2.05, 4.69) is 41.6 Å². The van der Waals surface area contributed by atoms with Gasteiger partial charge in [0.15, 0.2) is 0 Å². The zero-order chi connectivity index (χ0) is 15.2. The molecular formula is C17H29N3O. The summed E-state index contributed by atoms with van der Waals surface area (Å²) in [4.78, 5) is 9.54. The Balaban J connectivity index is 2.01. The number of hydrogen-bond donors (Lipinski definition) is 0. The highest BCUT2D eigenvalue weighted by molar-refractivity contribution is 5.47. The molecule has 0 atom stereocenters. The molecule has 4 heteroatoms. The third-order valence-electron chi connectivity index (χ3n) is 4.25. The van der Waals surface area contributed by atoms with E-state index in [1.54, 1.807) is 7.11 Å². The van der Waals surface area contributed by atoms with Crippen LogP contribution in [-0.2, 0) is 0 Å². The molecule has 0 N–H and O–H groups in total. The average Bonchev–Trinajstić information content (AvgIpc) is 2.52. The third-order valence-corrected chi connectivity index (χ3v) is 4.25. The molecule has 1 fully saturated rings. The van der Waals surface area contributed by atoms with Gasteiger partial charge >= 0.3 is 0 Å². The molecule has 2 heterocycles. The normalized spacial score (nSPS) is 16.5. The summed E-state index contributed by atoms with van der Waals surface area (Å²) in [6.45, 7) is 12.3. The number of unbranched alkanes of at least 4 members (excludes halogenated alkanes) is 1. The van der Waals surface area contributed by atoms with Crippen LogP contribution in [0.4, 0.5) is 5.82 Å². The number of ether oxygens (including phenoxy) is 1. The van der Waals surface area contributed by atoms with Crippen molar-refractivity contribution in [2.45, 2.75) is 39.5 Å². The highest BCUT2D eigenvalue weighted by Gasteiger charge is 2.19. The number of pyridine rings is 1. The average molecular weight is 291 g/mol. The van der Waals surface area contributed by atoms with E-state index in [-0.39, 0.29) is 0 Å². The Morgan fingerprint density at radius 1 is 1.24 bits per heavy atom. The molecule has 1 aromatic rings. The van der Waals surface area contributed by atoms with Crippen molar-refractivity contribution in [3.63, 3.8) is 0 Å². The van der Waals surface area contributed by atoms with E-state index < -0.39 is 0 Å². The van der Waals surface area contributed by atoms with Gasteiger partial charge in [-0.2, -0.15) is 0 Å². The van der Waals surface area contributed by atoms with E-state index in [9.17, 15) is 0 Å². The number of methoxy groups -OCH3 is 1. The summed E-state index contributed by atoms with van der Waals surface area (Å²) in [7, 11) is 1.72. The SMILES string of the molecule is CCCCN1CCN(c2cc(C(C)C)c(OC)cn2)CC1. The number of rotatable bonds is 6. The lowest BCUT2D eigenvalue weighted by molar-refractivity contribution is 0.253. The largest absolute Gasteiger partial charge is 0.495 e. The second kappa shape index (κ2) is 7.64. The lowest BCUT2D eigenvalue weighted by atomic mass is 10.0. The van der Waals surface area contributed by atoms with Crippen molar-refractivity contribution >= 4 is 5.82 Å².